The van der Waals surface area contributed by atoms with Gasteiger partial charge in [-0.15, -0.1) is 24.0 Å². The summed E-state index contributed by atoms with van der Waals surface area (Å²) in [6.07, 6.45) is 2.35. The molecule has 3 N–H and O–H groups in total. The van der Waals surface area contributed by atoms with Crippen molar-refractivity contribution < 1.29 is 13.9 Å². The standard InChI is InChI=1S/C21H33FN4O2.HI/c1-14(16-8-9-18(17(22)12-16)28-13-15-6-7-15)26-20(23-5)25-11-10-24-19(27)21(2,3)4;/h8-9,12,14-15H,6-7,10-11,13H2,1-5H3,(H,24,27)(H2,23,25,26);1H. The number of carbonyl (C=O) groups excluding carboxylic acids is 1. The zero-order valence-electron chi connectivity index (χ0n) is 18.0. The monoisotopic (exact) mass is 520 g/mol. The van der Waals surface area contributed by atoms with E-state index in [4.69, 9.17) is 4.74 Å². The van der Waals surface area contributed by atoms with Crippen molar-refractivity contribution in [3.63, 3.8) is 0 Å². The first-order valence-corrected chi connectivity index (χ1v) is 9.88. The fraction of sp³-hybridized carbons (Fsp3) is 0.619. The highest BCUT2D eigenvalue weighted by Crippen LogP contribution is 2.30. The van der Waals surface area contributed by atoms with Crippen LogP contribution in [0, 0.1) is 17.2 Å². The summed E-state index contributed by atoms with van der Waals surface area (Å²) in [4.78, 5) is 16.0. The van der Waals surface area contributed by atoms with Crippen LogP contribution < -0.4 is 20.7 Å². The Balaban J connectivity index is 0.00000420. The van der Waals surface area contributed by atoms with Gasteiger partial charge in [0.15, 0.2) is 17.5 Å². The van der Waals surface area contributed by atoms with E-state index in [1.54, 1.807) is 13.1 Å². The minimum Gasteiger partial charge on any atom is -0.490 e. The van der Waals surface area contributed by atoms with Crippen molar-refractivity contribution in [2.24, 2.45) is 16.3 Å². The van der Waals surface area contributed by atoms with Crippen LogP contribution in [0.15, 0.2) is 23.2 Å². The number of benzene rings is 1. The van der Waals surface area contributed by atoms with Gasteiger partial charge in [0.1, 0.15) is 0 Å². The number of amides is 1. The molecule has 8 heteroatoms. The molecule has 0 radical (unpaired) electrons. The number of hydrogen-bond acceptors (Lipinski definition) is 3. The number of aliphatic imine (C=N–C) groups is 1. The Morgan fingerprint density at radius 1 is 1.28 bits per heavy atom. The molecule has 0 heterocycles. The van der Waals surface area contributed by atoms with Crippen LogP contribution in [0.2, 0.25) is 0 Å². The molecule has 2 rings (SSSR count). The topological polar surface area (TPSA) is 74.8 Å². The summed E-state index contributed by atoms with van der Waals surface area (Å²) in [6, 6.07) is 4.90. The van der Waals surface area contributed by atoms with E-state index in [2.05, 4.69) is 20.9 Å². The van der Waals surface area contributed by atoms with Crippen LogP contribution in [0.1, 0.15) is 52.1 Å². The molecule has 0 saturated heterocycles. The van der Waals surface area contributed by atoms with E-state index in [-0.39, 0.29) is 41.7 Å². The lowest BCUT2D eigenvalue weighted by Crippen LogP contribution is -2.44. The highest BCUT2D eigenvalue weighted by molar-refractivity contribution is 14.0. The summed E-state index contributed by atoms with van der Waals surface area (Å²) in [5.74, 6) is 1.14. The average molecular weight is 520 g/mol. The third-order valence-electron chi connectivity index (χ3n) is 4.59. The van der Waals surface area contributed by atoms with E-state index in [0.29, 0.717) is 37.3 Å². The number of nitrogens with zero attached hydrogens (tertiary/aromatic N) is 1. The Morgan fingerprint density at radius 3 is 2.48 bits per heavy atom. The molecule has 0 aliphatic heterocycles. The number of carbonyl (C=O) groups is 1. The molecule has 1 atom stereocenters. The molecule has 1 aromatic carbocycles. The van der Waals surface area contributed by atoms with Gasteiger partial charge in [-0.05, 0) is 43.4 Å². The van der Waals surface area contributed by atoms with E-state index < -0.39 is 5.41 Å². The van der Waals surface area contributed by atoms with E-state index in [1.165, 1.54) is 18.9 Å². The zero-order valence-corrected chi connectivity index (χ0v) is 20.3. The molecule has 1 amide bonds. The highest BCUT2D eigenvalue weighted by atomic mass is 127. The first-order valence-electron chi connectivity index (χ1n) is 9.88. The maximum atomic E-state index is 14.3. The molecule has 1 aliphatic carbocycles. The molecule has 0 aromatic heterocycles. The molecule has 6 nitrogen and oxygen atoms in total. The minimum absolute atomic E-state index is 0. The molecule has 29 heavy (non-hydrogen) atoms. The summed E-state index contributed by atoms with van der Waals surface area (Å²) < 4.78 is 19.8. The molecular formula is C21H34FIN4O2. The lowest BCUT2D eigenvalue weighted by atomic mass is 9.96. The third kappa shape index (κ3) is 8.76. The normalized spacial score (nSPS) is 15.2. The molecule has 1 aliphatic rings. The minimum atomic E-state index is -0.410. The van der Waals surface area contributed by atoms with Crippen molar-refractivity contribution in [1.82, 2.24) is 16.0 Å². The third-order valence-corrected chi connectivity index (χ3v) is 4.59. The second-order valence-corrected chi connectivity index (χ2v) is 8.32. The fourth-order valence-corrected chi connectivity index (χ4v) is 2.50. The summed E-state index contributed by atoms with van der Waals surface area (Å²) in [7, 11) is 1.67. The second-order valence-electron chi connectivity index (χ2n) is 8.32. The maximum absolute atomic E-state index is 14.3. The Morgan fingerprint density at radius 2 is 1.93 bits per heavy atom. The Labute approximate surface area is 190 Å². The number of hydrogen-bond donors (Lipinski definition) is 3. The van der Waals surface area contributed by atoms with Crippen LogP contribution in [-0.4, -0.2) is 38.6 Å². The van der Waals surface area contributed by atoms with Gasteiger partial charge in [-0.25, -0.2) is 4.39 Å². The lowest BCUT2D eigenvalue weighted by molar-refractivity contribution is -0.128. The van der Waals surface area contributed by atoms with Gasteiger partial charge in [0.25, 0.3) is 0 Å². The summed E-state index contributed by atoms with van der Waals surface area (Å²) in [5.41, 5.74) is 0.396. The number of rotatable bonds is 8. The largest absolute Gasteiger partial charge is 0.490 e. The smallest absolute Gasteiger partial charge is 0.225 e. The van der Waals surface area contributed by atoms with Crippen molar-refractivity contribution in [2.45, 2.75) is 46.6 Å². The first-order chi connectivity index (χ1) is 13.2. The van der Waals surface area contributed by atoms with Gasteiger partial charge in [0.05, 0.1) is 12.6 Å². The Hall–Kier alpha value is -1.58. The Kier molecular flexibility index (Phi) is 10.2. The number of nitrogens with one attached hydrogen (secondary N) is 3. The van der Waals surface area contributed by atoms with Gasteiger partial charge in [0.2, 0.25) is 5.91 Å². The van der Waals surface area contributed by atoms with Crippen molar-refractivity contribution in [3.8, 4) is 5.75 Å². The lowest BCUT2D eigenvalue weighted by Gasteiger charge is -2.20. The molecule has 0 bridgehead atoms. The number of ether oxygens (including phenoxy) is 1. The van der Waals surface area contributed by atoms with E-state index in [0.717, 1.165) is 5.56 Å². The molecule has 1 unspecified atom stereocenters. The van der Waals surface area contributed by atoms with Gasteiger partial charge in [-0.3, -0.25) is 9.79 Å². The molecular weight excluding hydrogens is 486 g/mol. The molecule has 1 saturated carbocycles. The highest BCUT2D eigenvalue weighted by Gasteiger charge is 2.23. The number of guanidine groups is 1. The van der Waals surface area contributed by atoms with Crippen molar-refractivity contribution >= 4 is 35.8 Å². The fourth-order valence-electron chi connectivity index (χ4n) is 2.50. The van der Waals surface area contributed by atoms with Crippen LogP contribution in [0.25, 0.3) is 0 Å². The SMILES string of the molecule is CN=C(NCCNC(=O)C(C)(C)C)NC(C)c1ccc(OCC2CC2)c(F)c1.I. The van der Waals surface area contributed by atoms with Gasteiger partial charge in [-0.2, -0.15) is 0 Å². The van der Waals surface area contributed by atoms with Crippen LogP contribution in [0.3, 0.4) is 0 Å². The summed E-state index contributed by atoms with van der Waals surface area (Å²) in [5, 5.41) is 9.25. The summed E-state index contributed by atoms with van der Waals surface area (Å²) in [6.45, 7) is 9.18. The van der Waals surface area contributed by atoms with Gasteiger partial charge >= 0.3 is 0 Å². The first kappa shape index (κ1) is 25.5. The molecule has 164 valence electrons. The van der Waals surface area contributed by atoms with Gasteiger partial charge in [0, 0.05) is 25.6 Å². The molecule has 1 fully saturated rings. The van der Waals surface area contributed by atoms with Crippen molar-refractivity contribution in [1.29, 1.82) is 0 Å². The zero-order chi connectivity index (χ0) is 20.7. The predicted molar refractivity (Wildman–Crippen MR) is 125 cm³/mol. The van der Waals surface area contributed by atoms with Crippen molar-refractivity contribution in [2.75, 3.05) is 26.7 Å². The second kappa shape index (κ2) is 11.6. The predicted octanol–water partition coefficient (Wildman–Crippen LogP) is 3.62. The van der Waals surface area contributed by atoms with E-state index in [1.807, 2.05) is 33.8 Å². The van der Waals surface area contributed by atoms with Crippen LogP contribution >= 0.6 is 24.0 Å². The number of halogens is 2. The van der Waals surface area contributed by atoms with E-state index >= 15 is 0 Å². The summed E-state index contributed by atoms with van der Waals surface area (Å²) >= 11 is 0. The molecule has 1 aromatic rings. The molecule has 0 spiro atoms. The van der Waals surface area contributed by atoms with Crippen LogP contribution in [-0.2, 0) is 4.79 Å². The van der Waals surface area contributed by atoms with Gasteiger partial charge < -0.3 is 20.7 Å². The quantitative estimate of drug-likeness (QED) is 0.212. The maximum Gasteiger partial charge on any atom is 0.225 e. The van der Waals surface area contributed by atoms with Crippen LogP contribution in [0.4, 0.5) is 4.39 Å². The average Bonchev–Trinajstić information content (AvgIpc) is 3.46. The van der Waals surface area contributed by atoms with E-state index in [9.17, 15) is 9.18 Å². The van der Waals surface area contributed by atoms with Crippen LogP contribution in [0.5, 0.6) is 5.75 Å². The van der Waals surface area contributed by atoms with Crippen molar-refractivity contribution in [3.05, 3.63) is 29.6 Å². The Bertz CT molecular complexity index is 702. The van der Waals surface area contributed by atoms with Gasteiger partial charge in [-0.1, -0.05) is 26.8 Å².